The molecule has 2 aliphatic heterocycles. The number of rotatable bonds is 2. The second-order valence-electron chi connectivity index (χ2n) is 5.81. The molecule has 0 N–H and O–H groups in total. The lowest BCUT2D eigenvalue weighted by Crippen LogP contribution is -2.50. The second-order valence-corrected chi connectivity index (χ2v) is 5.81. The summed E-state index contributed by atoms with van der Waals surface area (Å²) in [6.07, 6.45) is 7.26. The van der Waals surface area contributed by atoms with Crippen LogP contribution in [0.2, 0.25) is 0 Å². The van der Waals surface area contributed by atoms with E-state index in [1.807, 2.05) is 11.8 Å². The van der Waals surface area contributed by atoms with Crippen LogP contribution in [0.5, 0.6) is 0 Å². The van der Waals surface area contributed by atoms with Gasteiger partial charge in [0.25, 0.3) is 0 Å². The summed E-state index contributed by atoms with van der Waals surface area (Å²) >= 11 is 0. The van der Waals surface area contributed by atoms with E-state index in [2.05, 4.69) is 14.9 Å². The first-order valence-electron chi connectivity index (χ1n) is 7.65. The predicted octanol–water partition coefficient (Wildman–Crippen LogP) is 0.940. The van der Waals surface area contributed by atoms with Gasteiger partial charge in [-0.1, -0.05) is 0 Å². The number of carbonyl (C=O) groups excluding carboxylic acids is 1. The van der Waals surface area contributed by atoms with E-state index in [0.717, 1.165) is 31.7 Å². The van der Waals surface area contributed by atoms with Crippen LogP contribution in [0.15, 0.2) is 18.6 Å². The zero-order valence-electron chi connectivity index (χ0n) is 12.4. The number of anilines is 1. The van der Waals surface area contributed by atoms with Gasteiger partial charge in [-0.2, -0.15) is 0 Å². The van der Waals surface area contributed by atoms with E-state index in [1.54, 1.807) is 18.6 Å². The van der Waals surface area contributed by atoms with E-state index in [0.29, 0.717) is 19.7 Å². The molecular formula is C15H22N4O2. The first kappa shape index (κ1) is 14.3. The van der Waals surface area contributed by atoms with E-state index < -0.39 is 0 Å². The molecule has 6 heteroatoms. The zero-order chi connectivity index (χ0) is 14.7. The van der Waals surface area contributed by atoms with Gasteiger partial charge >= 0.3 is 0 Å². The molecule has 0 spiro atoms. The normalized spacial score (nSPS) is 26.7. The highest BCUT2D eigenvalue weighted by molar-refractivity contribution is 5.79. The number of hydrogen-bond acceptors (Lipinski definition) is 5. The molecule has 2 aliphatic rings. The smallest absolute Gasteiger partial charge is 0.227 e. The Balaban J connectivity index is 1.64. The topological polar surface area (TPSA) is 58.6 Å². The van der Waals surface area contributed by atoms with Gasteiger partial charge < -0.3 is 14.5 Å². The highest BCUT2D eigenvalue weighted by Gasteiger charge is 2.31. The Labute approximate surface area is 125 Å². The van der Waals surface area contributed by atoms with Crippen molar-refractivity contribution in [3.63, 3.8) is 0 Å². The number of ether oxygens (including phenoxy) is 1. The molecule has 3 rings (SSSR count). The SMILES string of the molecule is C[C@H]1CN(C(=O)[C@@H]2CCCN(c3cnccn3)C2)CCO1. The second kappa shape index (κ2) is 6.39. The van der Waals surface area contributed by atoms with Crippen LogP contribution in [0.4, 0.5) is 5.82 Å². The third kappa shape index (κ3) is 3.32. The number of hydrogen-bond donors (Lipinski definition) is 0. The van der Waals surface area contributed by atoms with Crippen LogP contribution in [0, 0.1) is 5.92 Å². The summed E-state index contributed by atoms with van der Waals surface area (Å²) in [5, 5.41) is 0. The van der Waals surface area contributed by atoms with Gasteiger partial charge in [0.15, 0.2) is 0 Å². The Morgan fingerprint density at radius 3 is 3.00 bits per heavy atom. The van der Waals surface area contributed by atoms with Crippen molar-refractivity contribution in [2.75, 3.05) is 37.7 Å². The van der Waals surface area contributed by atoms with Crippen LogP contribution in [-0.2, 0) is 9.53 Å². The lowest BCUT2D eigenvalue weighted by atomic mass is 9.96. The Hall–Kier alpha value is -1.69. The minimum Gasteiger partial charge on any atom is -0.375 e. The third-order valence-electron chi connectivity index (χ3n) is 4.20. The maximum absolute atomic E-state index is 12.7. The van der Waals surface area contributed by atoms with Crippen molar-refractivity contribution in [2.45, 2.75) is 25.9 Å². The molecule has 0 aromatic carbocycles. The summed E-state index contributed by atoms with van der Waals surface area (Å²) in [4.78, 5) is 25.3. The largest absolute Gasteiger partial charge is 0.375 e. The molecule has 21 heavy (non-hydrogen) atoms. The molecular weight excluding hydrogens is 268 g/mol. The van der Waals surface area contributed by atoms with Crippen LogP contribution in [0.3, 0.4) is 0 Å². The summed E-state index contributed by atoms with van der Waals surface area (Å²) < 4.78 is 5.51. The minimum absolute atomic E-state index is 0.0612. The molecule has 0 aliphatic carbocycles. The van der Waals surface area contributed by atoms with Crippen molar-refractivity contribution >= 4 is 11.7 Å². The van der Waals surface area contributed by atoms with Gasteiger partial charge in [0, 0.05) is 38.6 Å². The van der Waals surface area contributed by atoms with E-state index in [1.165, 1.54) is 0 Å². The van der Waals surface area contributed by atoms with Gasteiger partial charge in [-0.05, 0) is 19.8 Å². The van der Waals surface area contributed by atoms with E-state index in [4.69, 9.17) is 4.74 Å². The molecule has 2 atom stereocenters. The molecule has 2 saturated heterocycles. The Bertz CT molecular complexity index is 482. The molecule has 6 nitrogen and oxygen atoms in total. The van der Waals surface area contributed by atoms with Crippen LogP contribution >= 0.6 is 0 Å². The van der Waals surface area contributed by atoms with Gasteiger partial charge in [0.2, 0.25) is 5.91 Å². The number of nitrogens with zero attached hydrogens (tertiary/aromatic N) is 4. The van der Waals surface area contributed by atoms with Gasteiger partial charge in [-0.3, -0.25) is 9.78 Å². The van der Waals surface area contributed by atoms with Crippen LogP contribution in [0.25, 0.3) is 0 Å². The molecule has 0 saturated carbocycles. The quantitative estimate of drug-likeness (QED) is 0.811. The molecule has 0 radical (unpaired) electrons. The number of morpholine rings is 1. The average Bonchev–Trinajstić information content (AvgIpc) is 2.55. The van der Waals surface area contributed by atoms with Crippen molar-refractivity contribution in [2.24, 2.45) is 5.92 Å². The van der Waals surface area contributed by atoms with Gasteiger partial charge in [0.1, 0.15) is 5.82 Å². The fourth-order valence-corrected chi connectivity index (χ4v) is 3.12. The lowest BCUT2D eigenvalue weighted by Gasteiger charge is -2.37. The highest BCUT2D eigenvalue weighted by atomic mass is 16.5. The summed E-state index contributed by atoms with van der Waals surface area (Å²) in [5.74, 6) is 1.19. The maximum atomic E-state index is 12.7. The molecule has 1 aromatic heterocycles. The highest BCUT2D eigenvalue weighted by Crippen LogP contribution is 2.23. The fourth-order valence-electron chi connectivity index (χ4n) is 3.12. The monoisotopic (exact) mass is 290 g/mol. The average molecular weight is 290 g/mol. The Morgan fingerprint density at radius 1 is 1.33 bits per heavy atom. The molecule has 0 unspecified atom stereocenters. The predicted molar refractivity (Wildman–Crippen MR) is 79.0 cm³/mol. The van der Waals surface area contributed by atoms with Crippen LogP contribution in [-0.4, -0.2) is 59.7 Å². The van der Waals surface area contributed by atoms with Crippen LogP contribution < -0.4 is 4.90 Å². The van der Waals surface area contributed by atoms with Crippen molar-refractivity contribution in [3.8, 4) is 0 Å². The fraction of sp³-hybridized carbons (Fsp3) is 0.667. The lowest BCUT2D eigenvalue weighted by molar-refractivity contribution is -0.142. The van der Waals surface area contributed by atoms with E-state index >= 15 is 0 Å². The summed E-state index contributed by atoms with van der Waals surface area (Å²) in [5.41, 5.74) is 0. The Kier molecular flexibility index (Phi) is 4.34. The van der Waals surface area contributed by atoms with Gasteiger partial charge in [-0.15, -0.1) is 0 Å². The van der Waals surface area contributed by atoms with Crippen molar-refractivity contribution in [3.05, 3.63) is 18.6 Å². The molecule has 2 fully saturated rings. The number of amides is 1. The molecule has 0 bridgehead atoms. The first-order chi connectivity index (χ1) is 10.2. The third-order valence-corrected chi connectivity index (χ3v) is 4.20. The number of piperidine rings is 1. The van der Waals surface area contributed by atoms with Crippen molar-refractivity contribution in [1.82, 2.24) is 14.9 Å². The number of carbonyl (C=O) groups is 1. The van der Waals surface area contributed by atoms with Crippen molar-refractivity contribution < 1.29 is 9.53 Å². The summed E-state index contributed by atoms with van der Waals surface area (Å²) in [6, 6.07) is 0. The summed E-state index contributed by atoms with van der Waals surface area (Å²) in [7, 11) is 0. The summed E-state index contributed by atoms with van der Waals surface area (Å²) in [6.45, 7) is 5.77. The zero-order valence-corrected chi connectivity index (χ0v) is 12.4. The minimum atomic E-state index is 0.0612. The number of aromatic nitrogens is 2. The van der Waals surface area contributed by atoms with E-state index in [9.17, 15) is 4.79 Å². The van der Waals surface area contributed by atoms with Crippen molar-refractivity contribution in [1.29, 1.82) is 0 Å². The first-order valence-corrected chi connectivity index (χ1v) is 7.65. The molecule has 114 valence electrons. The maximum Gasteiger partial charge on any atom is 0.227 e. The van der Waals surface area contributed by atoms with E-state index in [-0.39, 0.29) is 17.9 Å². The van der Waals surface area contributed by atoms with Crippen LogP contribution in [0.1, 0.15) is 19.8 Å². The van der Waals surface area contributed by atoms with Gasteiger partial charge in [0.05, 0.1) is 24.8 Å². The molecule has 1 aromatic rings. The molecule has 3 heterocycles. The Morgan fingerprint density at radius 2 is 2.24 bits per heavy atom. The molecule has 1 amide bonds. The standard InChI is InChI=1S/C15H22N4O2/c1-12-10-19(7-8-21-12)15(20)13-3-2-6-18(11-13)14-9-16-4-5-17-14/h4-5,9,12-13H,2-3,6-8,10-11H2,1H3/t12-,13+/m0/s1. The van der Waals surface area contributed by atoms with Gasteiger partial charge in [-0.25, -0.2) is 4.98 Å².